The van der Waals surface area contributed by atoms with Crippen molar-refractivity contribution in [2.24, 2.45) is 38.7 Å². The van der Waals surface area contributed by atoms with Crippen LogP contribution in [-0.4, -0.2) is 93.1 Å². The van der Waals surface area contributed by atoms with Gasteiger partial charge in [-0.15, -0.1) is 0 Å². The number of hydrogen-bond acceptors (Lipinski definition) is 12. The molecule has 6 aromatic rings. The standard InChI is InChI=1S/C23H26F3N5.C20H30BrN5OS.C7H6BF3O2.H4N4/c1-15-19(16-4-2-5-17(14-16)23(24,25)26)20-28-10-13-31(20)21(29-15)30-11-8-22(9-12-30)7-3-6-18(22)27;1-14-16(21)17-22-10-13-26(17)18(23-14)25-11-8-20(9-12-25)7-5-6-15(20)24-28(27)19(2,3)4;9-7(10,11)5-2-1-3-6(4-5)8(12)13;1-3-4-2/h2,4-5,10,13-14,18H,3,6-9,11-12,27H2,1H3;10,13,15,24H,5-9,11-12H2,1-4H3;1-4,12-13H;(H2,1,4)(H2,2,3)/t18-;15-,28-;;/m11../s1. The first-order valence-corrected chi connectivity index (χ1v) is 27.0. The highest BCUT2D eigenvalue weighted by Crippen LogP contribution is 2.48. The number of alkyl halides is 6. The Labute approximate surface area is 449 Å². The molecule has 2 aliphatic carbocycles. The first-order chi connectivity index (χ1) is 35.8. The van der Waals surface area contributed by atoms with Gasteiger partial charge in [0, 0.05) is 68.6 Å². The van der Waals surface area contributed by atoms with Crippen molar-refractivity contribution >= 4 is 62.7 Å². The van der Waals surface area contributed by atoms with Crippen molar-refractivity contribution in [1.82, 2.24) is 33.5 Å². The molecule has 2 saturated heterocycles. The number of aryl methyl sites for hydroxylation is 2. The Morgan fingerprint density at radius 3 is 1.76 bits per heavy atom. The monoisotopic (exact) mass is 1150 g/mol. The Kier molecular flexibility index (Phi) is 18.2. The van der Waals surface area contributed by atoms with Gasteiger partial charge in [-0.05, 0) is 136 Å². The van der Waals surface area contributed by atoms with Gasteiger partial charge in [-0.1, -0.05) is 59.7 Å². The van der Waals surface area contributed by atoms with Crippen LogP contribution >= 0.6 is 15.9 Å². The Balaban J connectivity index is 0.000000171. The van der Waals surface area contributed by atoms with E-state index in [0.29, 0.717) is 34.6 Å². The van der Waals surface area contributed by atoms with Gasteiger partial charge in [0.25, 0.3) is 0 Å². The lowest BCUT2D eigenvalue weighted by Gasteiger charge is -2.44. The van der Waals surface area contributed by atoms with Gasteiger partial charge in [-0.3, -0.25) is 8.80 Å². The molecule has 9 N–H and O–H groups in total. The normalized spacial score (nSPS) is 19.8. The summed E-state index contributed by atoms with van der Waals surface area (Å²) in [7, 11) is -2.88. The number of anilines is 2. The molecule has 0 radical (unpaired) electrons. The van der Waals surface area contributed by atoms with E-state index in [0.717, 1.165) is 111 Å². The average molecular weight is 1150 g/mol. The maximum Gasteiger partial charge on any atom is 0.488 e. The first-order valence-electron chi connectivity index (χ1n) is 25.1. The predicted octanol–water partition coefficient (Wildman–Crippen LogP) is 8.38. The van der Waals surface area contributed by atoms with Crippen LogP contribution < -0.4 is 37.4 Å². The number of piperidine rings is 2. The third-order valence-corrected chi connectivity index (χ3v) is 17.7. The molecule has 0 amide bonds. The number of nitrogens with two attached hydrogens (primary N) is 3. The van der Waals surface area contributed by atoms with Gasteiger partial charge >= 0.3 is 19.5 Å². The van der Waals surface area contributed by atoms with Crippen LogP contribution in [0.3, 0.4) is 0 Å². The van der Waals surface area contributed by atoms with Crippen LogP contribution in [0.15, 0.2) is 88.2 Å². The molecule has 6 heterocycles. The number of imidazole rings is 2. The van der Waals surface area contributed by atoms with E-state index in [-0.39, 0.29) is 27.1 Å². The van der Waals surface area contributed by atoms with Crippen LogP contribution in [0.5, 0.6) is 0 Å². The topological polar surface area (TPSA) is 239 Å². The van der Waals surface area contributed by atoms with E-state index in [1.807, 2.05) is 57.6 Å². The van der Waals surface area contributed by atoms with Gasteiger partial charge in [0.05, 0.1) is 42.7 Å². The number of rotatable bonds is 6. The molecular formula is C50H66BBrF6N14O3S. The summed E-state index contributed by atoms with van der Waals surface area (Å²) in [5.41, 5.74) is 9.48. The molecule has 412 valence electrons. The fourth-order valence-corrected chi connectivity index (χ4v) is 12.3. The second-order valence-electron chi connectivity index (χ2n) is 20.9. The number of fused-ring (bicyclic) bond motifs is 2. The molecular weight excluding hydrogens is 1080 g/mol. The lowest BCUT2D eigenvalue weighted by atomic mass is 9.74. The molecule has 2 aliphatic heterocycles. The Morgan fingerprint density at radius 2 is 1.24 bits per heavy atom. The van der Waals surface area contributed by atoms with E-state index in [1.54, 1.807) is 12.3 Å². The molecule has 4 fully saturated rings. The highest BCUT2D eigenvalue weighted by molar-refractivity contribution is 9.10. The second-order valence-corrected chi connectivity index (χ2v) is 23.7. The summed E-state index contributed by atoms with van der Waals surface area (Å²) >= 11 is 3.61. The van der Waals surface area contributed by atoms with Gasteiger partial charge < -0.3 is 37.3 Å². The van der Waals surface area contributed by atoms with Crippen LogP contribution in [0.4, 0.5) is 38.2 Å². The number of hydrogen-bond donors (Lipinski definition) is 6. The third-order valence-electron chi connectivity index (χ3n) is 15.2. The largest absolute Gasteiger partial charge is 0.488 e. The molecule has 17 nitrogen and oxygen atoms in total. The zero-order valence-corrected chi connectivity index (χ0v) is 45.5. The van der Waals surface area contributed by atoms with Crippen LogP contribution in [0, 0.1) is 24.7 Å². The summed E-state index contributed by atoms with van der Waals surface area (Å²) in [5, 5.41) is 22.5. The molecule has 4 aliphatic rings. The summed E-state index contributed by atoms with van der Waals surface area (Å²) in [6.45, 7) is 13.7. The molecule has 2 spiro atoms. The van der Waals surface area contributed by atoms with Crippen LogP contribution in [0.25, 0.3) is 22.4 Å². The lowest BCUT2D eigenvalue weighted by Crippen LogP contribution is -2.51. The van der Waals surface area contributed by atoms with Crippen molar-refractivity contribution in [1.29, 1.82) is 0 Å². The maximum absolute atomic E-state index is 13.2. The highest BCUT2D eigenvalue weighted by Gasteiger charge is 2.47. The molecule has 0 unspecified atom stereocenters. The summed E-state index contributed by atoms with van der Waals surface area (Å²) in [6, 6.07) is 9.89. The zero-order chi connectivity index (χ0) is 55.4. The predicted molar refractivity (Wildman–Crippen MR) is 286 cm³/mol. The quantitative estimate of drug-likeness (QED) is 0.0303. The van der Waals surface area contributed by atoms with Crippen molar-refractivity contribution in [3.63, 3.8) is 0 Å². The molecule has 76 heavy (non-hydrogen) atoms. The number of aromatic nitrogens is 6. The number of benzene rings is 2. The Bertz CT molecular complexity index is 2990. The van der Waals surface area contributed by atoms with Crippen molar-refractivity contribution in [3.05, 3.63) is 100 Å². The van der Waals surface area contributed by atoms with E-state index < -0.39 is 41.6 Å². The number of nitrogens with one attached hydrogen (secondary N) is 1. The molecule has 2 saturated carbocycles. The van der Waals surface area contributed by atoms with Gasteiger partial charge in [0.1, 0.15) is 5.65 Å². The maximum atomic E-state index is 13.2. The smallest absolute Gasteiger partial charge is 0.423 e. The van der Waals surface area contributed by atoms with Crippen molar-refractivity contribution in [3.8, 4) is 11.1 Å². The summed E-state index contributed by atoms with van der Waals surface area (Å²) < 4.78 is 96.8. The van der Waals surface area contributed by atoms with Crippen molar-refractivity contribution in [2.45, 2.75) is 128 Å². The minimum Gasteiger partial charge on any atom is -0.423 e. The van der Waals surface area contributed by atoms with E-state index in [9.17, 15) is 30.6 Å². The van der Waals surface area contributed by atoms with Gasteiger partial charge in [-0.2, -0.15) is 26.3 Å². The fraction of sp³-hybridized carbons (Fsp3) is 0.520. The second kappa shape index (κ2) is 23.7. The van der Waals surface area contributed by atoms with Gasteiger partial charge in [0.15, 0.2) is 5.65 Å². The van der Waals surface area contributed by atoms with Crippen molar-refractivity contribution in [2.75, 3.05) is 36.0 Å². The fourth-order valence-electron chi connectivity index (χ4n) is 10.9. The molecule has 4 aromatic heterocycles. The molecule has 26 heteroatoms. The SMILES string of the molecule is Cc1nc(N2CCC3(CCC[C@H]3N)CC2)n2ccnc2c1-c1cccc(C(F)(F)F)c1.Cc1nc(N2CCC3(CCC[C@H]3N[S@](=O)C(C)(C)C)CC2)n2ccnc2c1Br.N/N=N/N.OB(O)c1cccc(C(F)(F)F)c1. The van der Waals surface area contributed by atoms with Crippen LogP contribution in [0.2, 0.25) is 0 Å². The summed E-state index contributed by atoms with van der Waals surface area (Å²) in [4.78, 5) is 23.3. The summed E-state index contributed by atoms with van der Waals surface area (Å²) in [5.74, 6) is 10.5. The molecule has 0 bridgehead atoms. The van der Waals surface area contributed by atoms with E-state index in [4.69, 9.17) is 25.7 Å². The average Bonchev–Trinajstić information content (AvgIpc) is 4.23. The van der Waals surface area contributed by atoms with E-state index in [1.165, 1.54) is 43.9 Å². The van der Waals surface area contributed by atoms with Gasteiger partial charge in [-0.25, -0.2) is 28.9 Å². The lowest BCUT2D eigenvalue weighted by molar-refractivity contribution is -0.138. The molecule has 2 aromatic carbocycles. The minimum atomic E-state index is -4.45. The molecule has 10 rings (SSSR count). The third kappa shape index (κ3) is 12.9. The van der Waals surface area contributed by atoms with Gasteiger partial charge in [0.2, 0.25) is 11.9 Å². The Hall–Kier alpha value is -5.41. The highest BCUT2D eigenvalue weighted by atomic mass is 79.9. The van der Waals surface area contributed by atoms with E-state index >= 15 is 0 Å². The summed E-state index contributed by atoms with van der Waals surface area (Å²) in [6.07, 6.45) is 9.87. The van der Waals surface area contributed by atoms with Crippen molar-refractivity contribution < 1.29 is 40.6 Å². The first kappa shape index (κ1) is 58.3. The number of nitrogens with zero attached hydrogens (tertiary/aromatic N) is 10. The van der Waals surface area contributed by atoms with Crippen LogP contribution in [-0.2, 0) is 23.3 Å². The minimum absolute atomic E-state index is 0.171. The molecule has 3 atom stereocenters. The van der Waals surface area contributed by atoms with Crippen LogP contribution in [0.1, 0.15) is 107 Å². The zero-order valence-electron chi connectivity index (χ0n) is 43.1. The number of halogens is 7. The van der Waals surface area contributed by atoms with E-state index in [2.05, 4.69) is 67.0 Å². The Morgan fingerprint density at radius 1 is 0.737 bits per heavy atom.